The van der Waals surface area contributed by atoms with Crippen LogP contribution in [0, 0.1) is 35.0 Å². The van der Waals surface area contributed by atoms with Gasteiger partial charge in [0.25, 0.3) is 0 Å². The van der Waals surface area contributed by atoms with E-state index in [-0.39, 0.29) is 56.6 Å². The fourth-order valence-electron chi connectivity index (χ4n) is 10.9. The van der Waals surface area contributed by atoms with Gasteiger partial charge in [-0.3, -0.25) is 58.1 Å². The van der Waals surface area contributed by atoms with Crippen LogP contribution in [-0.2, 0) is 67.0 Å². The quantitative estimate of drug-likeness (QED) is 0.0211. The summed E-state index contributed by atoms with van der Waals surface area (Å²) in [7, 11) is 0. The third kappa shape index (κ3) is 28.2. The fraction of sp³-hybridized carbons (Fsp3) is 0.692. The van der Waals surface area contributed by atoms with Gasteiger partial charge in [0.1, 0.15) is 60.0 Å². The van der Waals surface area contributed by atoms with E-state index in [1.54, 1.807) is 62.3 Å². The molecule has 1 aromatic rings. The molecule has 2 aliphatic rings. The number of nitrogens with two attached hydrogens (primary N) is 2. The van der Waals surface area contributed by atoms with Crippen molar-refractivity contribution in [3.63, 3.8) is 0 Å². The number of aliphatic hydroxyl groups excluding tert-OH is 4. The highest BCUT2D eigenvalue weighted by atomic mass is 16.6. The summed E-state index contributed by atoms with van der Waals surface area (Å²) in [6.07, 6.45) is -6.05. The minimum absolute atomic E-state index is 0.00264. The van der Waals surface area contributed by atoms with Gasteiger partial charge in [-0.25, -0.2) is 9.59 Å². The van der Waals surface area contributed by atoms with Gasteiger partial charge in [-0.05, 0) is 95.0 Å². The highest BCUT2D eigenvalue weighted by Crippen LogP contribution is 2.30. The van der Waals surface area contributed by atoms with E-state index in [1.807, 2.05) is 10.6 Å². The SMILES string of the molecule is CC[C@H](C)[C@@H]1NC(=O)[C@@H](CCCNC(=N)N)NC(=O)[C@H](CC(C)C)NC(=O)[C@H]([C@H](O)C(C)C)NC(=O)[C@@H](NC(=O)[C@H](CC(C)C)NC(=O)[C@@H](CC2CCCC2)NC(=O)OC(C)(C)C)[C@@H](c2ccccc2)OC(=O)[C@H](CO)NC(=O)[C@H]([C@H](O)C(N)=O)NC(=O)CNC(=O)[C@H]([C@H](C)O)NC1=O. The normalized spacial score (nSPS) is 24.6. The van der Waals surface area contributed by atoms with E-state index < -0.39 is 210 Å². The molecule has 0 unspecified atom stereocenters. The number of rotatable bonds is 24. The lowest BCUT2D eigenvalue weighted by atomic mass is 9.95. The zero-order valence-corrected chi connectivity index (χ0v) is 58.6. The molecule has 1 heterocycles. The number of guanidine groups is 1. The van der Waals surface area contributed by atoms with Crippen LogP contribution >= 0.6 is 0 Å². The average Bonchev–Trinajstić information content (AvgIpc) is 1.08. The van der Waals surface area contributed by atoms with Gasteiger partial charge < -0.3 is 105 Å². The van der Waals surface area contributed by atoms with Gasteiger partial charge in [0.2, 0.25) is 65.0 Å². The maximum atomic E-state index is 15.6. The summed E-state index contributed by atoms with van der Waals surface area (Å²) < 4.78 is 11.5. The van der Waals surface area contributed by atoms with Crippen molar-refractivity contribution in [3.8, 4) is 0 Å². The Morgan fingerprint density at radius 1 is 0.667 bits per heavy atom. The number of alkyl carbamates (subject to hydrolysis) is 1. The number of aliphatic hydroxyl groups is 4. The van der Waals surface area contributed by atoms with Crippen LogP contribution in [-0.4, -0.2) is 207 Å². The number of carbonyl (C=O) groups is 13. The number of nitrogens with one attached hydrogen (secondary N) is 13. The molecule has 1 saturated heterocycles. The molecule has 21 N–H and O–H groups in total. The predicted molar refractivity (Wildman–Crippen MR) is 358 cm³/mol. The first kappa shape index (κ1) is 84.5. The summed E-state index contributed by atoms with van der Waals surface area (Å²) in [5.41, 5.74) is 9.81. The molecule has 0 radical (unpaired) electrons. The number of carbonyl (C=O) groups excluding carboxylic acids is 13. The number of amides is 12. The monoisotopic (exact) mass is 1400 g/mol. The van der Waals surface area contributed by atoms with Crippen LogP contribution in [0.2, 0.25) is 0 Å². The molecule has 15 atom stereocenters. The largest absolute Gasteiger partial charge is 0.453 e. The predicted octanol–water partition coefficient (Wildman–Crippen LogP) is -3.12. The van der Waals surface area contributed by atoms with Crippen molar-refractivity contribution in [2.24, 2.45) is 41.1 Å². The zero-order chi connectivity index (χ0) is 74.8. The molecule has 1 aliphatic carbocycles. The molecule has 34 nitrogen and oxygen atoms in total. The summed E-state index contributed by atoms with van der Waals surface area (Å²) in [5, 5.41) is 81.5. The van der Waals surface area contributed by atoms with Crippen LogP contribution in [0.3, 0.4) is 0 Å². The first-order valence-electron chi connectivity index (χ1n) is 33.6. The molecule has 3 rings (SSSR count). The first-order chi connectivity index (χ1) is 46.3. The van der Waals surface area contributed by atoms with Gasteiger partial charge >= 0.3 is 12.1 Å². The lowest BCUT2D eigenvalue weighted by Crippen LogP contribution is -2.64. The third-order valence-electron chi connectivity index (χ3n) is 16.5. The minimum atomic E-state index is -2.60. The van der Waals surface area contributed by atoms with Crippen molar-refractivity contribution in [1.29, 1.82) is 5.41 Å². The van der Waals surface area contributed by atoms with Crippen LogP contribution in [0.15, 0.2) is 30.3 Å². The smallest absolute Gasteiger partial charge is 0.408 e. The molecule has 0 bridgehead atoms. The summed E-state index contributed by atoms with van der Waals surface area (Å²) in [4.78, 5) is 186. The van der Waals surface area contributed by atoms with Crippen LogP contribution in [0.5, 0.6) is 0 Å². The molecule has 34 heteroatoms. The molecule has 99 heavy (non-hydrogen) atoms. The summed E-state index contributed by atoms with van der Waals surface area (Å²) in [6, 6.07) is -11.3. The van der Waals surface area contributed by atoms with E-state index in [4.69, 9.17) is 26.4 Å². The van der Waals surface area contributed by atoms with Gasteiger partial charge in [0.05, 0.1) is 25.4 Å². The van der Waals surface area contributed by atoms with Crippen molar-refractivity contribution in [1.82, 2.24) is 63.8 Å². The van der Waals surface area contributed by atoms with E-state index in [2.05, 4.69) is 53.2 Å². The highest BCUT2D eigenvalue weighted by molar-refractivity contribution is 6.00. The topological polar surface area (TPSA) is 542 Å². The Morgan fingerprint density at radius 3 is 1.78 bits per heavy atom. The molecule has 0 spiro atoms. The van der Waals surface area contributed by atoms with Gasteiger partial charge in [-0.1, -0.05) is 118 Å². The molecule has 1 aromatic carbocycles. The lowest BCUT2D eigenvalue weighted by Gasteiger charge is -2.34. The summed E-state index contributed by atoms with van der Waals surface area (Å²) >= 11 is 0. The standard InChI is InChI=1S/C65H107N15O19/c1-13-34(8)44-58(92)78-45(35(9)82)57(91)70-29-43(83)76-47(50(85)52(66)86)60(94)74-42(30-81)62(96)98-51(37-22-15-14-16-23-37)48(80-56(90)40(27-32(4)5)72-55(89)41(28-36-20-17-18-21-36)75-64(97)99-65(10,11)12)61(95)79-46(49(84)33(6)7)59(93)73-39(26-31(2)3)54(88)71-38(53(87)77-44)24-19-25-69-63(67)68/h14-16,22-23,31-36,38-42,44-51,81-82,84-85H,13,17-21,24-30H2,1-12H3,(H2,66,86)(H,70,91)(H,71,88)(H,72,89)(H,73,93)(H,74,94)(H,75,97)(H,76,83)(H,77,87)(H,78,92)(H,79,95)(H,80,90)(H4,67,68,69)/t34-,35-,38+,39-,40-,41+,42-,44-,45-,46-,47-,48-,49+,50-,51+/m0/s1. The Morgan fingerprint density at radius 2 is 1.23 bits per heavy atom. The second kappa shape index (κ2) is 40.3. The Kier molecular flexibility index (Phi) is 34.4. The molecule has 12 amide bonds. The zero-order valence-electron chi connectivity index (χ0n) is 58.6. The van der Waals surface area contributed by atoms with E-state index in [0.29, 0.717) is 0 Å². The Bertz CT molecular complexity index is 2940. The molecule has 1 aliphatic heterocycles. The van der Waals surface area contributed by atoms with Crippen LogP contribution < -0.4 is 75.3 Å². The van der Waals surface area contributed by atoms with Gasteiger partial charge in [-0.15, -0.1) is 0 Å². The number of primary amides is 1. The van der Waals surface area contributed by atoms with Crippen LogP contribution in [0.25, 0.3) is 0 Å². The van der Waals surface area contributed by atoms with Crippen molar-refractivity contribution in [3.05, 3.63) is 35.9 Å². The number of esters is 1. The number of hydrogen-bond donors (Lipinski definition) is 19. The average molecular weight is 1400 g/mol. The molecule has 1 saturated carbocycles. The maximum Gasteiger partial charge on any atom is 0.408 e. The Labute approximate surface area is 576 Å². The van der Waals surface area contributed by atoms with Crippen LogP contribution in [0.4, 0.5) is 4.79 Å². The molecule has 556 valence electrons. The molecule has 2 fully saturated rings. The minimum Gasteiger partial charge on any atom is -0.453 e. The van der Waals surface area contributed by atoms with E-state index >= 15 is 14.4 Å². The third-order valence-corrected chi connectivity index (χ3v) is 16.5. The number of cyclic esters (lactones) is 1. The van der Waals surface area contributed by atoms with Crippen molar-refractivity contribution >= 4 is 83.0 Å². The van der Waals surface area contributed by atoms with Gasteiger partial charge in [0.15, 0.2) is 24.2 Å². The fourth-order valence-corrected chi connectivity index (χ4v) is 10.9. The van der Waals surface area contributed by atoms with E-state index in [0.717, 1.165) is 32.6 Å². The van der Waals surface area contributed by atoms with Crippen LogP contribution in [0.1, 0.15) is 159 Å². The summed E-state index contributed by atoms with van der Waals surface area (Å²) in [5.74, 6) is -17.7. The number of hydrogen-bond acceptors (Lipinski definition) is 20. The van der Waals surface area contributed by atoms with E-state index in [9.17, 15) is 68.4 Å². The first-order valence-corrected chi connectivity index (χ1v) is 33.6. The van der Waals surface area contributed by atoms with Gasteiger partial charge in [0, 0.05) is 6.54 Å². The highest BCUT2D eigenvalue weighted by Gasteiger charge is 2.44. The number of ether oxygens (including phenoxy) is 2. The van der Waals surface area contributed by atoms with Crippen molar-refractivity contribution in [2.45, 2.75) is 238 Å². The van der Waals surface area contributed by atoms with Crippen molar-refractivity contribution < 1.29 is 92.2 Å². The Balaban J connectivity index is 2.43. The van der Waals surface area contributed by atoms with Gasteiger partial charge in [-0.2, -0.15) is 0 Å². The van der Waals surface area contributed by atoms with E-state index in [1.165, 1.54) is 44.2 Å². The molecular weight excluding hydrogens is 1290 g/mol. The second-order valence-electron chi connectivity index (χ2n) is 27.4. The molecular formula is C65H107N15O19. The van der Waals surface area contributed by atoms with Crippen molar-refractivity contribution in [2.75, 3.05) is 19.7 Å². The second-order valence-corrected chi connectivity index (χ2v) is 27.4. The lowest BCUT2D eigenvalue weighted by molar-refractivity contribution is -0.159. The summed E-state index contributed by atoms with van der Waals surface area (Å²) in [6.45, 7) is 16.5. The molecule has 0 aromatic heterocycles. The number of benzene rings is 1. The Hall–Kier alpha value is -8.76. The maximum absolute atomic E-state index is 15.6.